The Bertz CT molecular complexity index is 2170. The van der Waals surface area contributed by atoms with Crippen molar-refractivity contribution < 1.29 is 52.8 Å². The third-order valence-electron chi connectivity index (χ3n) is 20.2. The standard InChI is InChI=1S/C27H34O5.C24H32O6/c1-15-4-5-21(31-15)18-13-16-12-17(28)6-9-25(16,2)24-20(29)14-26(3)19(23(18)24)7-10-27(26)11-8-22(30)32-27;1-22-7-4-14(25)10-13(22)11-15(21(28)29-3)19-16-5-8-24(9-6-18(27)30-24)23(16,2)12-17(26)20(19)22/h4-5,12,18-20,23-24,29H,6-11,13-14H2,1-3H3;10,15-17,19-20,26H,4-9,11-12H2,1-3H3/t18-,19-,20+,23-,24?,25-,26-,27+;15-,16+,17-,19+,20?,22+,23+,24-/m01/s1. The molecule has 0 radical (unpaired) electrons. The minimum Gasteiger partial charge on any atom is -0.469 e. The molecule has 2 N–H and O–H groups in total. The molecule has 0 aromatic carbocycles. The van der Waals surface area contributed by atoms with Crippen LogP contribution in [0, 0.1) is 70.0 Å². The van der Waals surface area contributed by atoms with Crippen molar-refractivity contribution in [1.29, 1.82) is 0 Å². The largest absolute Gasteiger partial charge is 0.469 e. The van der Waals surface area contributed by atoms with Gasteiger partial charge in [-0.1, -0.05) is 38.8 Å². The molecule has 62 heavy (non-hydrogen) atoms. The van der Waals surface area contributed by atoms with E-state index in [0.717, 1.165) is 62.0 Å². The van der Waals surface area contributed by atoms with Gasteiger partial charge in [0.15, 0.2) is 11.6 Å². The Hall–Kier alpha value is -3.57. The number of methoxy groups -OCH3 is 1. The lowest BCUT2D eigenvalue weighted by atomic mass is 9.43. The number of carbonyl (C=O) groups excluding carboxylic acids is 5. The van der Waals surface area contributed by atoms with Gasteiger partial charge in [-0.25, -0.2) is 0 Å². The molecule has 2 aliphatic heterocycles. The lowest BCUT2D eigenvalue weighted by molar-refractivity contribution is -0.197. The number of carbonyl (C=O) groups is 5. The van der Waals surface area contributed by atoms with Crippen LogP contribution in [0.5, 0.6) is 0 Å². The van der Waals surface area contributed by atoms with E-state index in [1.807, 2.05) is 19.1 Å². The molecular weight excluding hydrogens is 789 g/mol. The predicted molar refractivity (Wildman–Crippen MR) is 225 cm³/mol. The first-order valence-electron chi connectivity index (χ1n) is 23.7. The van der Waals surface area contributed by atoms with Gasteiger partial charge in [-0.2, -0.15) is 0 Å². The number of aliphatic hydroxyl groups excluding tert-OH is 2. The molecule has 1 aromatic heterocycles. The number of furan rings is 1. The summed E-state index contributed by atoms with van der Waals surface area (Å²) in [6.07, 6.45) is 13.6. The van der Waals surface area contributed by atoms with Crippen molar-refractivity contribution >= 4 is 29.5 Å². The monoisotopic (exact) mass is 854 g/mol. The molecule has 336 valence electrons. The van der Waals surface area contributed by atoms with Gasteiger partial charge in [-0.05, 0) is 155 Å². The molecule has 0 amide bonds. The fraction of sp³-hybridized carbons (Fsp3) is 0.745. The number of aryl methyl sites for hydroxylation is 1. The van der Waals surface area contributed by atoms with Gasteiger partial charge in [-0.3, -0.25) is 24.0 Å². The quantitative estimate of drug-likeness (QED) is 0.220. The molecule has 8 aliphatic carbocycles. The Kier molecular flexibility index (Phi) is 9.72. The Morgan fingerprint density at radius 3 is 1.65 bits per heavy atom. The summed E-state index contributed by atoms with van der Waals surface area (Å²) in [6.45, 7) is 10.8. The highest BCUT2D eigenvalue weighted by molar-refractivity contribution is 5.92. The van der Waals surface area contributed by atoms with E-state index in [-0.39, 0.29) is 92.6 Å². The Labute approximate surface area is 365 Å². The minimum absolute atomic E-state index is 0.0415. The normalized spacial score (nSPS) is 48.6. The first kappa shape index (κ1) is 42.4. The van der Waals surface area contributed by atoms with Gasteiger partial charge in [0.25, 0.3) is 0 Å². The van der Waals surface area contributed by atoms with E-state index in [1.54, 1.807) is 6.08 Å². The number of ketones is 2. The molecule has 16 atom stereocenters. The van der Waals surface area contributed by atoms with Gasteiger partial charge in [0.2, 0.25) is 0 Å². The summed E-state index contributed by atoms with van der Waals surface area (Å²) in [6, 6.07) is 4.11. The van der Waals surface area contributed by atoms with E-state index in [1.165, 1.54) is 12.7 Å². The molecule has 2 unspecified atom stereocenters. The van der Waals surface area contributed by atoms with Crippen molar-refractivity contribution in [2.75, 3.05) is 7.11 Å². The Morgan fingerprint density at radius 2 is 1.18 bits per heavy atom. The molecule has 3 heterocycles. The second-order valence-electron chi connectivity index (χ2n) is 22.5. The highest BCUT2D eigenvalue weighted by Crippen LogP contribution is 2.73. The molecule has 8 fully saturated rings. The summed E-state index contributed by atoms with van der Waals surface area (Å²) in [5.41, 5.74) is 0.182. The SMILES string of the molecule is COC(=O)[C@@H]1CC2=CC(=O)CC[C@]2(C)C2[C@@H]1[C@@H]1CC[C@@]3(CCC(=O)O3)[C@@]1(C)C[C@H]2O.Cc1ccc([C@@H]2CC3=CC(=O)CC[C@]3(C)C3[C@@H]2[C@@H]2CC[C@@]4(CCC(=O)O4)[C@@]2(C)C[C@H]3O)o1. The predicted octanol–water partition coefficient (Wildman–Crippen LogP) is 7.82. The molecule has 2 saturated heterocycles. The van der Waals surface area contributed by atoms with E-state index in [4.69, 9.17) is 18.6 Å². The smallest absolute Gasteiger partial charge is 0.309 e. The van der Waals surface area contributed by atoms with Crippen molar-refractivity contribution in [1.82, 2.24) is 0 Å². The van der Waals surface area contributed by atoms with Gasteiger partial charge < -0.3 is 28.8 Å². The number of esters is 3. The van der Waals surface area contributed by atoms with E-state index < -0.39 is 23.4 Å². The number of hydrogen-bond acceptors (Lipinski definition) is 11. The highest BCUT2D eigenvalue weighted by atomic mass is 16.6. The van der Waals surface area contributed by atoms with Crippen LogP contribution in [0.1, 0.15) is 148 Å². The molecule has 11 rings (SSSR count). The van der Waals surface area contributed by atoms with Gasteiger partial charge >= 0.3 is 17.9 Å². The minimum atomic E-state index is -0.611. The van der Waals surface area contributed by atoms with Gasteiger partial charge in [0, 0.05) is 42.4 Å². The van der Waals surface area contributed by atoms with Crippen molar-refractivity contribution in [2.45, 2.75) is 167 Å². The Morgan fingerprint density at radius 1 is 0.677 bits per heavy atom. The van der Waals surface area contributed by atoms with Gasteiger partial charge in [0.1, 0.15) is 22.7 Å². The topological polar surface area (TPSA) is 167 Å². The molecule has 6 saturated carbocycles. The fourth-order valence-corrected chi connectivity index (χ4v) is 17.2. The molecular formula is C51H66O11. The third kappa shape index (κ3) is 5.76. The molecule has 11 heteroatoms. The zero-order valence-electron chi connectivity index (χ0n) is 37.5. The van der Waals surface area contributed by atoms with Crippen LogP contribution in [-0.4, -0.2) is 70.2 Å². The van der Waals surface area contributed by atoms with Crippen molar-refractivity contribution in [3.05, 3.63) is 47.0 Å². The fourth-order valence-electron chi connectivity index (χ4n) is 17.2. The molecule has 10 aliphatic rings. The second-order valence-corrected chi connectivity index (χ2v) is 22.5. The van der Waals surface area contributed by atoms with Gasteiger partial charge in [0.05, 0.1) is 25.2 Å². The molecule has 1 aromatic rings. The Balaban J connectivity index is 0.000000148. The summed E-state index contributed by atoms with van der Waals surface area (Å²) in [4.78, 5) is 61.8. The second kappa shape index (κ2) is 14.2. The number of aliphatic hydroxyl groups is 2. The van der Waals surface area contributed by atoms with Crippen LogP contribution in [0.25, 0.3) is 0 Å². The summed E-state index contributed by atoms with van der Waals surface area (Å²) in [5, 5.41) is 23.3. The summed E-state index contributed by atoms with van der Waals surface area (Å²) < 4.78 is 23.4. The third-order valence-corrected chi connectivity index (χ3v) is 20.2. The number of ether oxygens (including phenoxy) is 3. The summed E-state index contributed by atoms with van der Waals surface area (Å²) >= 11 is 0. The molecule has 11 nitrogen and oxygen atoms in total. The van der Waals surface area contributed by atoms with E-state index in [9.17, 15) is 34.2 Å². The van der Waals surface area contributed by atoms with E-state index in [2.05, 4.69) is 33.8 Å². The lowest BCUT2D eigenvalue weighted by Gasteiger charge is -2.62. The lowest BCUT2D eigenvalue weighted by Crippen LogP contribution is -2.62. The number of rotatable bonds is 2. The van der Waals surface area contributed by atoms with Crippen LogP contribution in [-0.2, 0) is 38.2 Å². The zero-order chi connectivity index (χ0) is 43.9. The average Bonchev–Trinajstić information content (AvgIpc) is 4.04. The van der Waals surface area contributed by atoms with Crippen molar-refractivity contribution in [3.63, 3.8) is 0 Å². The first-order chi connectivity index (χ1) is 29.3. The van der Waals surface area contributed by atoms with Crippen LogP contribution < -0.4 is 0 Å². The maximum atomic E-state index is 12.9. The zero-order valence-corrected chi connectivity index (χ0v) is 37.5. The van der Waals surface area contributed by atoms with E-state index in [0.29, 0.717) is 63.7 Å². The van der Waals surface area contributed by atoms with Gasteiger partial charge in [-0.15, -0.1) is 0 Å². The van der Waals surface area contributed by atoms with Crippen LogP contribution in [0.15, 0.2) is 39.8 Å². The number of fused-ring (bicyclic) bond motifs is 12. The van der Waals surface area contributed by atoms with Crippen LogP contribution in [0.3, 0.4) is 0 Å². The van der Waals surface area contributed by atoms with Crippen LogP contribution >= 0.6 is 0 Å². The number of allylic oxidation sites excluding steroid dienone is 2. The highest BCUT2D eigenvalue weighted by Gasteiger charge is 2.73. The number of hydrogen-bond donors (Lipinski definition) is 2. The van der Waals surface area contributed by atoms with Crippen molar-refractivity contribution in [3.8, 4) is 0 Å². The van der Waals surface area contributed by atoms with Crippen LogP contribution in [0.2, 0.25) is 0 Å². The average molecular weight is 855 g/mol. The van der Waals surface area contributed by atoms with Crippen molar-refractivity contribution in [2.24, 2.45) is 63.1 Å². The van der Waals surface area contributed by atoms with Crippen LogP contribution in [0.4, 0.5) is 0 Å². The summed E-state index contributed by atoms with van der Waals surface area (Å²) in [7, 11) is 1.42. The van der Waals surface area contributed by atoms with E-state index >= 15 is 0 Å². The molecule has 2 spiro atoms. The summed E-state index contributed by atoms with van der Waals surface area (Å²) in [5.74, 6) is 2.15. The first-order valence-corrected chi connectivity index (χ1v) is 23.7. The maximum absolute atomic E-state index is 12.9. The maximum Gasteiger partial charge on any atom is 0.309 e. The molecule has 0 bridgehead atoms.